The molecule has 0 aliphatic carbocycles. The number of carbonyl (C=O) groups is 4. The van der Waals surface area contributed by atoms with Gasteiger partial charge in [0.1, 0.15) is 30.2 Å². The Bertz CT molecular complexity index is 2570. The van der Waals surface area contributed by atoms with Gasteiger partial charge in [0.25, 0.3) is 0 Å². The third-order valence-electron chi connectivity index (χ3n) is 12.2. The first-order valence-corrected chi connectivity index (χ1v) is 26.0. The molecule has 0 saturated carbocycles. The van der Waals surface area contributed by atoms with Gasteiger partial charge in [-0.1, -0.05) is 99.6 Å². The number of aliphatic hydroxyl groups is 1. The molecule has 4 aromatic carbocycles. The molecule has 5 aromatic rings. The number of rotatable bonds is 27. The number of ether oxygens (including phenoxy) is 4. The highest BCUT2D eigenvalue weighted by Crippen LogP contribution is 2.36. The fourth-order valence-electron chi connectivity index (χ4n) is 8.34. The second-order valence-corrected chi connectivity index (χ2v) is 19.9. The van der Waals surface area contributed by atoms with E-state index in [2.05, 4.69) is 33.1 Å². The summed E-state index contributed by atoms with van der Waals surface area (Å²) in [5, 5.41) is 29.1. The molecular formula is C56H68ClN5O10S. The number of aromatic nitrogens is 1. The Morgan fingerprint density at radius 2 is 1.38 bits per heavy atom. The minimum Gasteiger partial charge on any atom is -0.508 e. The van der Waals surface area contributed by atoms with E-state index in [1.807, 2.05) is 112 Å². The zero-order valence-electron chi connectivity index (χ0n) is 42.1. The highest BCUT2D eigenvalue weighted by molar-refractivity contribution is 7.13. The van der Waals surface area contributed by atoms with Crippen molar-refractivity contribution in [2.75, 3.05) is 65.2 Å². The van der Waals surface area contributed by atoms with Crippen LogP contribution in [0.3, 0.4) is 0 Å². The Morgan fingerprint density at radius 3 is 1.99 bits per heavy atom. The number of amides is 4. The van der Waals surface area contributed by atoms with Crippen LogP contribution in [0.1, 0.15) is 74.4 Å². The number of aliphatic hydroxyl groups excluding tert-OH is 1. The van der Waals surface area contributed by atoms with E-state index >= 15 is 0 Å². The van der Waals surface area contributed by atoms with E-state index in [1.165, 1.54) is 4.90 Å². The number of alkyl halides is 1. The van der Waals surface area contributed by atoms with E-state index in [0.29, 0.717) is 31.2 Å². The van der Waals surface area contributed by atoms with Gasteiger partial charge in [0.15, 0.2) is 0 Å². The third kappa shape index (κ3) is 17.2. The lowest BCUT2D eigenvalue weighted by molar-refractivity contribution is -0.144. The van der Waals surface area contributed by atoms with Crippen molar-refractivity contribution in [3.63, 3.8) is 0 Å². The highest BCUT2D eigenvalue weighted by Gasteiger charge is 2.44. The molecule has 15 nitrogen and oxygen atoms in total. The van der Waals surface area contributed by atoms with Crippen molar-refractivity contribution < 1.29 is 48.3 Å². The van der Waals surface area contributed by atoms with Gasteiger partial charge < -0.3 is 50.0 Å². The summed E-state index contributed by atoms with van der Waals surface area (Å²) in [6.07, 6.45) is 0.0636. The Kier molecular flexibility index (Phi) is 21.8. The number of benzene rings is 4. The van der Waals surface area contributed by atoms with Crippen LogP contribution in [0.15, 0.2) is 109 Å². The van der Waals surface area contributed by atoms with E-state index in [1.54, 1.807) is 23.5 Å². The fraction of sp³-hybridized carbons (Fsp3) is 0.411. The van der Waals surface area contributed by atoms with Gasteiger partial charge in [-0.05, 0) is 82.0 Å². The van der Waals surface area contributed by atoms with E-state index in [4.69, 9.17) is 30.5 Å². The van der Waals surface area contributed by atoms with Crippen molar-refractivity contribution in [3.05, 3.63) is 137 Å². The number of likely N-dealkylation sites (tertiary alicyclic amines) is 1. The van der Waals surface area contributed by atoms with Crippen molar-refractivity contribution in [2.24, 2.45) is 5.41 Å². The summed E-state index contributed by atoms with van der Waals surface area (Å²) < 4.78 is 22.6. The average molecular weight is 1040 g/mol. The van der Waals surface area contributed by atoms with Gasteiger partial charge in [-0.25, -0.2) is 4.98 Å². The Morgan fingerprint density at radius 1 is 0.767 bits per heavy atom. The molecule has 1 aliphatic rings. The molecule has 6 rings (SSSR count). The SMILES string of the molecule is Cc1ncsc1-c1ccc(CNC(=O)[C@@H]2C[C@@H](O)CN2C(=O)[C@@H](NC(=O)CCOCCOCCOCCC(=O)NCCOc2ccc(C(=C(CCCl)c3ccccc3)c3ccc(O)cc3)cc2)C(C)(C)C)cc1. The maximum Gasteiger partial charge on any atom is 0.246 e. The van der Waals surface area contributed by atoms with E-state index in [9.17, 15) is 29.4 Å². The number of nitrogens with zero attached hydrogens (tertiary/aromatic N) is 2. The Balaban J connectivity index is 0.817. The summed E-state index contributed by atoms with van der Waals surface area (Å²) >= 11 is 7.85. The molecule has 1 aliphatic heterocycles. The monoisotopic (exact) mass is 1040 g/mol. The van der Waals surface area contributed by atoms with Gasteiger partial charge in [0.05, 0.1) is 68.4 Å². The largest absolute Gasteiger partial charge is 0.508 e. The molecule has 5 N–H and O–H groups in total. The van der Waals surface area contributed by atoms with Gasteiger partial charge in [-0.15, -0.1) is 22.9 Å². The average Bonchev–Trinajstić information content (AvgIpc) is 4.01. The maximum atomic E-state index is 14.0. The number of carbonyl (C=O) groups excluding carboxylic acids is 4. The predicted octanol–water partition coefficient (Wildman–Crippen LogP) is 7.55. The normalized spacial score (nSPS) is 15.3. The smallest absolute Gasteiger partial charge is 0.246 e. The molecule has 390 valence electrons. The van der Waals surface area contributed by atoms with Crippen LogP contribution in [0, 0.1) is 12.3 Å². The minimum atomic E-state index is -0.944. The number of aryl methyl sites for hydroxylation is 1. The minimum absolute atomic E-state index is 0.00576. The number of hydrogen-bond acceptors (Lipinski definition) is 12. The molecule has 17 heteroatoms. The van der Waals surface area contributed by atoms with Crippen LogP contribution in [0.25, 0.3) is 21.6 Å². The van der Waals surface area contributed by atoms with Gasteiger partial charge in [-0.3, -0.25) is 19.2 Å². The number of halogens is 1. The Hall–Kier alpha value is -6.14. The second-order valence-electron chi connectivity index (χ2n) is 18.7. The van der Waals surface area contributed by atoms with E-state index < -0.39 is 29.5 Å². The number of phenolic OH excluding ortho intramolecular Hbond substituents is 1. The number of thiazole rings is 1. The van der Waals surface area contributed by atoms with Crippen LogP contribution in [-0.2, 0) is 39.9 Å². The number of phenols is 1. The standard InChI is InChI=1S/C56H68ClN5O10S/c1-38-52(73-37-60-38)43-12-10-39(11-13-43)35-59-54(67)48-34-45(64)36-62(48)55(68)53(56(2,3)4)61-50(66)24-28-70-31-33-71-32-30-69-27-23-49(65)58-26-29-72-46-20-16-42(17-21-46)51(41-14-18-44(63)19-15-41)47(22-25-57)40-8-6-5-7-9-40/h5-21,37,45,48,53,63-64H,22-36H2,1-4H3,(H,58,65)(H,59,67)(H,61,66)/t45-,48+,53-/m1/s1. The van der Waals surface area contributed by atoms with Crippen LogP contribution >= 0.6 is 22.9 Å². The summed E-state index contributed by atoms with van der Waals surface area (Å²) in [6.45, 7) is 9.74. The van der Waals surface area contributed by atoms with Crippen LogP contribution < -0.4 is 20.7 Å². The van der Waals surface area contributed by atoms with Gasteiger partial charge >= 0.3 is 0 Å². The fourth-order valence-corrected chi connectivity index (χ4v) is 9.34. The molecule has 3 atom stereocenters. The lowest BCUT2D eigenvalue weighted by Crippen LogP contribution is -2.57. The van der Waals surface area contributed by atoms with Crippen LogP contribution in [0.5, 0.6) is 11.5 Å². The quantitative estimate of drug-likeness (QED) is 0.0198. The molecule has 4 amide bonds. The maximum absolute atomic E-state index is 14.0. The number of nitrogens with one attached hydrogen (secondary N) is 3. The van der Waals surface area contributed by atoms with Crippen LogP contribution in [0.4, 0.5) is 0 Å². The van der Waals surface area contributed by atoms with Gasteiger partial charge in [-0.2, -0.15) is 0 Å². The first-order chi connectivity index (χ1) is 35.2. The summed E-state index contributed by atoms with van der Waals surface area (Å²) in [5.74, 6) is -0.0465. The lowest BCUT2D eigenvalue weighted by atomic mass is 9.85. The first-order valence-electron chi connectivity index (χ1n) is 24.6. The molecule has 1 saturated heterocycles. The predicted molar refractivity (Wildman–Crippen MR) is 284 cm³/mol. The number of aromatic hydroxyl groups is 1. The van der Waals surface area contributed by atoms with Crippen LogP contribution in [-0.4, -0.2) is 127 Å². The number of hydrogen-bond donors (Lipinski definition) is 5. The van der Waals surface area contributed by atoms with Gasteiger partial charge in [0.2, 0.25) is 23.6 Å². The molecule has 0 bridgehead atoms. The number of allylic oxidation sites excluding steroid dienone is 1. The van der Waals surface area contributed by atoms with Crippen molar-refractivity contribution in [1.82, 2.24) is 25.8 Å². The molecule has 1 aromatic heterocycles. The number of β-amino-alcohol motifs (C(OH)–C–C–N with tert-alkyl or cyclic N) is 1. The Labute approximate surface area is 437 Å². The summed E-state index contributed by atoms with van der Waals surface area (Å²) in [5.41, 5.74) is 9.14. The third-order valence-corrected chi connectivity index (χ3v) is 13.3. The van der Waals surface area contributed by atoms with Crippen molar-refractivity contribution >= 4 is 57.7 Å². The second kappa shape index (κ2) is 28.3. The molecule has 0 spiro atoms. The van der Waals surface area contributed by atoms with E-state index in [0.717, 1.165) is 49.5 Å². The molecule has 1 fully saturated rings. The van der Waals surface area contributed by atoms with Crippen molar-refractivity contribution in [3.8, 4) is 21.9 Å². The highest BCUT2D eigenvalue weighted by atomic mass is 35.5. The molecule has 0 unspecified atom stereocenters. The molecule has 73 heavy (non-hydrogen) atoms. The topological polar surface area (TPSA) is 198 Å². The summed E-state index contributed by atoms with van der Waals surface area (Å²) in [4.78, 5) is 59.6. The molecular weight excluding hydrogens is 970 g/mol. The van der Waals surface area contributed by atoms with Crippen molar-refractivity contribution in [1.29, 1.82) is 0 Å². The van der Waals surface area contributed by atoms with Gasteiger partial charge in [0, 0.05) is 38.2 Å². The lowest BCUT2D eigenvalue weighted by Gasteiger charge is -2.35. The summed E-state index contributed by atoms with van der Waals surface area (Å²) in [7, 11) is 0. The van der Waals surface area contributed by atoms with Crippen LogP contribution in [0.2, 0.25) is 0 Å². The molecule has 2 heterocycles. The first kappa shape index (κ1) is 56.2. The van der Waals surface area contributed by atoms with Crippen molar-refractivity contribution in [2.45, 2.75) is 78.1 Å². The molecule has 0 radical (unpaired) electrons. The zero-order chi connectivity index (χ0) is 52.2. The zero-order valence-corrected chi connectivity index (χ0v) is 43.6. The van der Waals surface area contributed by atoms with E-state index in [-0.39, 0.29) is 95.5 Å². The summed E-state index contributed by atoms with van der Waals surface area (Å²) in [6, 6.07) is 31.1.